The Bertz CT molecular complexity index is 1440. The Morgan fingerprint density at radius 3 is 2.41 bits per heavy atom. The van der Waals surface area contributed by atoms with E-state index >= 15 is 0 Å². The molecule has 6 heteroatoms. The van der Waals surface area contributed by atoms with E-state index in [1.54, 1.807) is 14.2 Å². The van der Waals surface area contributed by atoms with Crippen molar-refractivity contribution in [1.82, 2.24) is 4.90 Å². The Morgan fingerprint density at radius 1 is 0.946 bits per heavy atom. The topological polar surface area (TPSA) is 42.7 Å². The summed E-state index contributed by atoms with van der Waals surface area (Å²) in [5.41, 5.74) is 7.82. The first kappa shape index (κ1) is 25.0. The highest BCUT2D eigenvalue weighted by atomic mass is 79.9. The molecule has 0 unspecified atom stereocenters. The molecule has 0 N–H and O–H groups in total. The number of nitrogens with zero attached hydrogens (tertiary/aromatic N) is 2. The molecule has 0 spiro atoms. The second kappa shape index (κ2) is 10.4. The summed E-state index contributed by atoms with van der Waals surface area (Å²) in [7, 11) is 3.37. The molecule has 1 aromatic heterocycles. The molecule has 3 aromatic carbocycles. The van der Waals surface area contributed by atoms with E-state index in [4.69, 9.17) is 9.47 Å². The van der Waals surface area contributed by atoms with Crippen molar-refractivity contribution < 1.29 is 35.8 Å². The van der Waals surface area contributed by atoms with E-state index < -0.39 is 0 Å². The molecule has 6 rings (SSSR count). The van der Waals surface area contributed by atoms with Gasteiger partial charge >= 0.3 is 0 Å². The number of pyridine rings is 1. The summed E-state index contributed by atoms with van der Waals surface area (Å²) in [6, 6.07) is 24.7. The molecule has 0 radical (unpaired) electrons. The number of aromatic nitrogens is 1. The van der Waals surface area contributed by atoms with E-state index in [-0.39, 0.29) is 28.9 Å². The molecule has 37 heavy (non-hydrogen) atoms. The van der Waals surface area contributed by atoms with Crippen LogP contribution in [0, 0.1) is 0 Å². The SMILES string of the molecule is COc1cc2c3c(c1OC)-c1ccccc1C[C@H]3N(C(=O)c1cc[n+](Cc3ccccc3)cc1)CC2.[Br-]. The van der Waals surface area contributed by atoms with Gasteiger partial charge in [0.1, 0.15) is 0 Å². The van der Waals surface area contributed by atoms with Gasteiger partial charge in [-0.3, -0.25) is 4.79 Å². The van der Waals surface area contributed by atoms with Gasteiger partial charge in [-0.1, -0.05) is 54.6 Å². The molecule has 0 fully saturated rings. The molecule has 0 bridgehead atoms. The largest absolute Gasteiger partial charge is 1.00 e. The lowest BCUT2D eigenvalue weighted by molar-refractivity contribution is -0.688. The number of hydrogen-bond donors (Lipinski definition) is 0. The van der Waals surface area contributed by atoms with Crippen molar-refractivity contribution in [3.8, 4) is 22.6 Å². The molecule has 1 amide bonds. The third-order valence-electron chi connectivity index (χ3n) is 7.43. The van der Waals surface area contributed by atoms with Crippen molar-refractivity contribution >= 4 is 5.91 Å². The monoisotopic (exact) mass is 556 g/mol. The lowest BCUT2D eigenvalue weighted by atomic mass is 9.76. The molecule has 1 aliphatic carbocycles. The summed E-state index contributed by atoms with van der Waals surface area (Å²) < 4.78 is 13.7. The molecule has 4 aromatic rings. The predicted octanol–water partition coefficient (Wildman–Crippen LogP) is 2.01. The average Bonchev–Trinajstić information content (AvgIpc) is 2.93. The van der Waals surface area contributed by atoms with Gasteiger partial charge in [-0.25, -0.2) is 4.57 Å². The number of ether oxygens (including phenoxy) is 2. The number of carbonyl (C=O) groups is 1. The minimum absolute atomic E-state index is 0. The maximum Gasteiger partial charge on any atom is 0.254 e. The average molecular weight is 557 g/mol. The van der Waals surface area contributed by atoms with Gasteiger partial charge in [-0.15, -0.1) is 0 Å². The molecule has 1 atom stereocenters. The maximum atomic E-state index is 13.8. The van der Waals surface area contributed by atoms with Crippen LogP contribution in [0.3, 0.4) is 0 Å². The van der Waals surface area contributed by atoms with E-state index in [1.165, 1.54) is 22.3 Å². The Morgan fingerprint density at radius 2 is 1.68 bits per heavy atom. The van der Waals surface area contributed by atoms with Crippen LogP contribution in [0.25, 0.3) is 11.1 Å². The highest BCUT2D eigenvalue weighted by Gasteiger charge is 2.39. The van der Waals surface area contributed by atoms with Gasteiger partial charge < -0.3 is 31.4 Å². The van der Waals surface area contributed by atoms with Gasteiger partial charge in [0.15, 0.2) is 30.4 Å². The molecule has 5 nitrogen and oxygen atoms in total. The van der Waals surface area contributed by atoms with E-state index in [0.717, 1.165) is 42.0 Å². The number of hydrogen-bond acceptors (Lipinski definition) is 3. The molecule has 2 aliphatic rings. The van der Waals surface area contributed by atoms with Crippen LogP contribution in [0.4, 0.5) is 0 Å². The smallest absolute Gasteiger partial charge is 0.254 e. The lowest BCUT2D eigenvalue weighted by Gasteiger charge is -2.42. The van der Waals surface area contributed by atoms with Crippen molar-refractivity contribution in [1.29, 1.82) is 0 Å². The minimum atomic E-state index is -0.0393. The zero-order valence-electron chi connectivity index (χ0n) is 21.0. The van der Waals surface area contributed by atoms with Crippen molar-refractivity contribution in [2.75, 3.05) is 20.8 Å². The number of carbonyl (C=O) groups excluding carboxylic acids is 1. The highest BCUT2D eigenvalue weighted by molar-refractivity contribution is 5.95. The number of methoxy groups -OCH3 is 2. The number of rotatable bonds is 5. The fraction of sp³-hybridized carbons (Fsp3) is 0.226. The van der Waals surface area contributed by atoms with Gasteiger partial charge in [0.2, 0.25) is 0 Å². The quantitative estimate of drug-likeness (QED) is 0.353. The first-order valence-corrected chi connectivity index (χ1v) is 12.4. The fourth-order valence-corrected chi connectivity index (χ4v) is 5.74. The van der Waals surface area contributed by atoms with Crippen LogP contribution in [0.5, 0.6) is 11.5 Å². The summed E-state index contributed by atoms with van der Waals surface area (Å²) >= 11 is 0. The molecule has 2 heterocycles. The van der Waals surface area contributed by atoms with Crippen molar-refractivity contribution in [3.05, 3.63) is 113 Å². The Kier molecular flexibility index (Phi) is 7.02. The van der Waals surface area contributed by atoms with Gasteiger partial charge in [0, 0.05) is 29.8 Å². The van der Waals surface area contributed by atoms with Crippen LogP contribution in [0.1, 0.15) is 38.7 Å². The second-order valence-electron chi connectivity index (χ2n) is 9.43. The normalized spacial score (nSPS) is 15.2. The van der Waals surface area contributed by atoms with E-state index in [9.17, 15) is 4.79 Å². The van der Waals surface area contributed by atoms with Gasteiger partial charge in [0.25, 0.3) is 5.91 Å². The van der Waals surface area contributed by atoms with Crippen LogP contribution in [0.2, 0.25) is 0 Å². The van der Waals surface area contributed by atoms with E-state index in [0.29, 0.717) is 12.1 Å². The van der Waals surface area contributed by atoms with Crippen molar-refractivity contribution in [2.24, 2.45) is 0 Å². The molecular weight excluding hydrogens is 528 g/mol. The van der Waals surface area contributed by atoms with Gasteiger partial charge in [-0.05, 0) is 41.2 Å². The van der Waals surface area contributed by atoms with Crippen LogP contribution >= 0.6 is 0 Å². The zero-order chi connectivity index (χ0) is 24.6. The summed E-state index contributed by atoms with van der Waals surface area (Å²) in [6.07, 6.45) is 5.56. The zero-order valence-corrected chi connectivity index (χ0v) is 22.6. The van der Waals surface area contributed by atoms with Crippen molar-refractivity contribution in [2.45, 2.75) is 25.4 Å². The van der Waals surface area contributed by atoms with Crippen LogP contribution in [-0.2, 0) is 19.4 Å². The lowest BCUT2D eigenvalue weighted by Crippen LogP contribution is -3.00. The van der Waals surface area contributed by atoms with Crippen LogP contribution < -0.4 is 31.0 Å². The molecule has 1 aliphatic heterocycles. The number of fused-ring (bicyclic) bond motifs is 2. The first-order valence-electron chi connectivity index (χ1n) is 12.4. The van der Waals surface area contributed by atoms with Gasteiger partial charge in [-0.2, -0.15) is 0 Å². The number of amides is 1. The second-order valence-corrected chi connectivity index (χ2v) is 9.43. The predicted molar refractivity (Wildman–Crippen MR) is 138 cm³/mol. The highest BCUT2D eigenvalue weighted by Crippen LogP contribution is 2.52. The number of halogens is 1. The van der Waals surface area contributed by atoms with E-state index in [2.05, 4.69) is 47.0 Å². The van der Waals surface area contributed by atoms with Crippen LogP contribution in [-0.4, -0.2) is 31.6 Å². The summed E-state index contributed by atoms with van der Waals surface area (Å²) in [5, 5.41) is 0. The standard InChI is InChI=1S/C31H29N2O3.BrH/c1-35-27-19-24-14-17-33(26-18-23-10-6-7-11-25(23)29(28(24)26)30(27)36-2)31(34)22-12-15-32(16-13-22)20-21-8-4-3-5-9-21;/h3-13,15-16,19,26H,14,17-18,20H2,1-2H3;1H/q+1;/p-1/t26-;/m1./s1. The molecule has 0 saturated heterocycles. The minimum Gasteiger partial charge on any atom is -1.00 e. The van der Waals surface area contributed by atoms with E-state index in [1.807, 2.05) is 47.6 Å². The summed E-state index contributed by atoms with van der Waals surface area (Å²) in [4.78, 5) is 15.9. The third kappa shape index (κ3) is 4.40. The fourth-order valence-electron chi connectivity index (χ4n) is 5.74. The maximum absolute atomic E-state index is 13.8. The van der Waals surface area contributed by atoms with Crippen molar-refractivity contribution in [3.63, 3.8) is 0 Å². The number of benzene rings is 3. The first-order chi connectivity index (χ1) is 17.7. The van der Waals surface area contributed by atoms with Gasteiger partial charge in [0.05, 0.1) is 25.8 Å². The van der Waals surface area contributed by atoms with Crippen LogP contribution in [0.15, 0.2) is 85.2 Å². The Hall–Kier alpha value is -3.64. The Balaban J connectivity index is 0.00000280. The molecule has 0 saturated carbocycles. The molecule has 188 valence electrons. The summed E-state index contributed by atoms with van der Waals surface area (Å²) in [6.45, 7) is 1.45. The summed E-state index contributed by atoms with van der Waals surface area (Å²) in [5.74, 6) is 1.55. The Labute approximate surface area is 228 Å². The molecular formula is C31H29BrN2O3. The third-order valence-corrected chi connectivity index (χ3v) is 7.43.